The standard InChI is InChI=1S/C33H38F4N2O2/c1-5-7-8-9-23-19-28-29(18-22(23)6-2)39-30(20-38-28)25-11-10-24(27(34)17-25)16-26(40)14-21(3)15-31(41-4)32(12-13-32)33(35,36)37/h10-11,15,17-20,28,38H,3,5-9,12-14,16H2,1-2,4H3/b31-15-. The Balaban J connectivity index is 1.40. The van der Waals surface area contributed by atoms with Crippen LogP contribution in [0.25, 0.3) is 5.70 Å². The van der Waals surface area contributed by atoms with Crippen molar-refractivity contribution in [3.8, 4) is 0 Å². The molecule has 1 aromatic rings. The normalized spacial score (nSPS) is 19.7. The topological polar surface area (TPSA) is 50.7 Å². The molecule has 1 fully saturated rings. The van der Waals surface area contributed by atoms with E-state index in [-0.39, 0.29) is 54.4 Å². The molecule has 4 rings (SSSR count). The van der Waals surface area contributed by atoms with Crippen molar-refractivity contribution in [2.45, 2.75) is 83.9 Å². The Kier molecular flexibility index (Phi) is 9.40. The van der Waals surface area contributed by atoms with Gasteiger partial charge >= 0.3 is 6.18 Å². The average molecular weight is 571 g/mol. The van der Waals surface area contributed by atoms with Crippen LogP contribution in [0, 0.1) is 11.2 Å². The van der Waals surface area contributed by atoms with E-state index in [1.165, 1.54) is 43.2 Å². The number of hydrogen-bond donors (Lipinski definition) is 1. The van der Waals surface area contributed by atoms with E-state index < -0.39 is 17.4 Å². The zero-order chi connectivity index (χ0) is 29.8. The predicted molar refractivity (Wildman–Crippen MR) is 155 cm³/mol. The van der Waals surface area contributed by atoms with Crippen molar-refractivity contribution in [1.29, 1.82) is 0 Å². The first-order valence-corrected chi connectivity index (χ1v) is 14.3. The van der Waals surface area contributed by atoms with E-state index in [0.717, 1.165) is 25.0 Å². The highest BCUT2D eigenvalue weighted by Crippen LogP contribution is 2.62. The van der Waals surface area contributed by atoms with Crippen molar-refractivity contribution >= 4 is 17.2 Å². The summed E-state index contributed by atoms with van der Waals surface area (Å²) in [5.41, 5.74) is 3.11. The summed E-state index contributed by atoms with van der Waals surface area (Å²) >= 11 is 0. The number of benzene rings is 1. The Morgan fingerprint density at radius 3 is 2.59 bits per heavy atom. The van der Waals surface area contributed by atoms with E-state index in [4.69, 9.17) is 9.73 Å². The number of fused-ring (bicyclic) bond motifs is 1. The molecule has 0 bridgehead atoms. The average Bonchev–Trinajstić information content (AvgIpc) is 3.75. The summed E-state index contributed by atoms with van der Waals surface area (Å²) in [7, 11) is 1.18. The zero-order valence-corrected chi connectivity index (χ0v) is 24.0. The fourth-order valence-electron chi connectivity index (χ4n) is 5.42. The second kappa shape index (κ2) is 12.6. The van der Waals surface area contributed by atoms with Crippen molar-refractivity contribution in [1.82, 2.24) is 5.32 Å². The largest absolute Gasteiger partial charge is 0.500 e. The Bertz CT molecular complexity index is 1340. The van der Waals surface area contributed by atoms with Gasteiger partial charge in [-0.05, 0) is 72.6 Å². The number of alkyl halides is 3. The second-order valence-electron chi connectivity index (χ2n) is 11.0. The summed E-state index contributed by atoms with van der Waals surface area (Å²) in [5.74, 6) is -1.13. The number of hydrogen-bond acceptors (Lipinski definition) is 4. The predicted octanol–water partition coefficient (Wildman–Crippen LogP) is 8.32. The number of halogens is 4. The lowest BCUT2D eigenvalue weighted by atomic mass is 9.88. The fraction of sp³-hybridized carbons (Fsp3) is 0.455. The second-order valence-corrected chi connectivity index (χ2v) is 11.0. The van der Waals surface area contributed by atoms with Gasteiger partial charge in [-0.2, -0.15) is 13.2 Å². The maximum Gasteiger partial charge on any atom is 0.401 e. The van der Waals surface area contributed by atoms with Crippen LogP contribution in [0.4, 0.5) is 17.6 Å². The first-order chi connectivity index (χ1) is 19.5. The van der Waals surface area contributed by atoms with Gasteiger partial charge < -0.3 is 10.1 Å². The fourth-order valence-corrected chi connectivity index (χ4v) is 5.42. The molecule has 4 nitrogen and oxygen atoms in total. The molecule has 0 spiro atoms. The number of Topliss-reactive ketones (excluding diaryl/α,β-unsaturated/α-hetero) is 1. The number of carbonyl (C=O) groups excluding carboxylic acids is 1. The summed E-state index contributed by atoms with van der Waals surface area (Å²) < 4.78 is 60.4. The first kappa shape index (κ1) is 30.5. The highest BCUT2D eigenvalue weighted by Gasteiger charge is 2.66. The minimum atomic E-state index is -4.43. The summed E-state index contributed by atoms with van der Waals surface area (Å²) in [5, 5.41) is 3.38. The molecule has 0 amide bonds. The number of carbonyl (C=O) groups is 1. The van der Waals surface area contributed by atoms with Crippen molar-refractivity contribution < 1.29 is 27.1 Å². The van der Waals surface area contributed by atoms with E-state index >= 15 is 4.39 Å². The lowest BCUT2D eigenvalue weighted by Gasteiger charge is -2.27. The van der Waals surface area contributed by atoms with Crippen molar-refractivity contribution in [3.63, 3.8) is 0 Å². The van der Waals surface area contributed by atoms with Crippen LogP contribution in [0.1, 0.15) is 76.3 Å². The molecule has 3 aliphatic rings. The molecule has 41 heavy (non-hydrogen) atoms. The summed E-state index contributed by atoms with van der Waals surface area (Å²) in [4.78, 5) is 17.4. The van der Waals surface area contributed by atoms with Crippen LogP contribution in [0.2, 0.25) is 0 Å². The van der Waals surface area contributed by atoms with Gasteiger partial charge in [0.1, 0.15) is 22.8 Å². The van der Waals surface area contributed by atoms with Crippen molar-refractivity contribution in [3.05, 3.63) is 88.6 Å². The first-order valence-electron chi connectivity index (χ1n) is 14.3. The van der Waals surface area contributed by atoms with Gasteiger partial charge in [0.15, 0.2) is 0 Å². The Morgan fingerprint density at radius 1 is 1.22 bits per heavy atom. The smallest absolute Gasteiger partial charge is 0.401 e. The summed E-state index contributed by atoms with van der Waals surface area (Å²) in [6, 6.07) is 4.62. The molecule has 220 valence electrons. The summed E-state index contributed by atoms with van der Waals surface area (Å²) in [6.45, 7) is 8.07. The number of ketones is 1. The van der Waals surface area contributed by atoms with Crippen LogP contribution < -0.4 is 5.32 Å². The van der Waals surface area contributed by atoms with Gasteiger partial charge in [-0.1, -0.05) is 51.5 Å². The van der Waals surface area contributed by atoms with Crippen LogP contribution in [0.3, 0.4) is 0 Å². The zero-order valence-electron chi connectivity index (χ0n) is 24.0. The number of methoxy groups -OCH3 is 1. The van der Waals surface area contributed by atoms with Crippen LogP contribution in [-0.4, -0.2) is 30.8 Å². The lowest BCUT2D eigenvalue weighted by molar-refractivity contribution is -0.184. The Morgan fingerprint density at radius 2 is 1.98 bits per heavy atom. The van der Waals surface area contributed by atoms with Gasteiger partial charge in [0.2, 0.25) is 0 Å². The highest BCUT2D eigenvalue weighted by atomic mass is 19.4. The monoisotopic (exact) mass is 570 g/mol. The molecular weight excluding hydrogens is 532 g/mol. The quantitative estimate of drug-likeness (QED) is 0.112. The highest BCUT2D eigenvalue weighted by molar-refractivity contribution is 6.06. The SMILES string of the molecule is C=C(/C=C(\OC)C1(C(F)(F)F)CC1)CC(=O)Cc1ccc(C2=CNC3C=C(CCCCC)C(CC)=CC3=N2)cc1F. The molecular formula is C33H38F4N2O2. The molecule has 2 aliphatic carbocycles. The number of aliphatic imine (C=N–C) groups is 1. The molecule has 1 saturated carbocycles. The minimum Gasteiger partial charge on any atom is -0.500 e. The van der Waals surface area contributed by atoms with Gasteiger partial charge in [-0.15, -0.1) is 0 Å². The van der Waals surface area contributed by atoms with E-state index in [1.54, 1.807) is 18.3 Å². The molecule has 1 aromatic carbocycles. The number of unbranched alkanes of at least 4 members (excludes halogenated alkanes) is 2. The molecule has 0 aromatic heterocycles. The van der Waals surface area contributed by atoms with Gasteiger partial charge in [0.25, 0.3) is 0 Å². The van der Waals surface area contributed by atoms with E-state index in [0.29, 0.717) is 11.3 Å². The van der Waals surface area contributed by atoms with E-state index in [9.17, 15) is 18.0 Å². The Hall–Kier alpha value is -3.42. The van der Waals surface area contributed by atoms with Gasteiger partial charge in [0.05, 0.1) is 24.6 Å². The molecule has 1 aliphatic heterocycles. The van der Waals surface area contributed by atoms with Crippen LogP contribution in [0.5, 0.6) is 0 Å². The third-order valence-electron chi connectivity index (χ3n) is 7.98. The van der Waals surface area contributed by atoms with Gasteiger partial charge in [-0.25, -0.2) is 9.38 Å². The molecule has 1 atom stereocenters. The third-order valence-corrected chi connectivity index (χ3v) is 7.98. The number of allylic oxidation sites excluding steroid dienone is 5. The van der Waals surface area contributed by atoms with Crippen LogP contribution in [-0.2, 0) is 16.0 Å². The van der Waals surface area contributed by atoms with Gasteiger partial charge in [0, 0.05) is 24.6 Å². The molecule has 1 N–H and O–H groups in total. The Labute approximate surface area is 239 Å². The molecule has 0 saturated heterocycles. The van der Waals surface area contributed by atoms with E-state index in [2.05, 4.69) is 37.9 Å². The number of nitrogens with zero attached hydrogens (tertiary/aromatic N) is 1. The summed E-state index contributed by atoms with van der Waals surface area (Å²) in [6.07, 6.45) is 7.91. The molecule has 1 unspecified atom stereocenters. The number of nitrogens with one attached hydrogen (secondary N) is 1. The lowest BCUT2D eigenvalue weighted by Crippen LogP contribution is -2.35. The number of ether oxygens (including phenoxy) is 1. The van der Waals surface area contributed by atoms with Crippen molar-refractivity contribution in [2.24, 2.45) is 10.4 Å². The molecule has 8 heteroatoms. The molecule has 0 radical (unpaired) electrons. The van der Waals surface area contributed by atoms with Crippen LogP contribution >= 0.6 is 0 Å². The van der Waals surface area contributed by atoms with E-state index in [1.807, 2.05) is 0 Å². The van der Waals surface area contributed by atoms with Crippen LogP contribution in [0.15, 0.2) is 76.7 Å². The number of rotatable bonds is 13. The molecule has 1 heterocycles. The third kappa shape index (κ3) is 6.91. The maximum absolute atomic E-state index is 15.1. The van der Waals surface area contributed by atoms with Gasteiger partial charge in [-0.3, -0.25) is 4.79 Å². The minimum absolute atomic E-state index is 0.0147. The van der Waals surface area contributed by atoms with Crippen molar-refractivity contribution in [2.75, 3.05) is 7.11 Å². The maximum atomic E-state index is 15.1.